The second-order valence-electron chi connectivity index (χ2n) is 6.54. The van der Waals surface area contributed by atoms with E-state index in [2.05, 4.69) is 19.9 Å². The van der Waals surface area contributed by atoms with Gasteiger partial charge in [0.05, 0.1) is 11.1 Å². The SMILES string of the molecule is O=C(c1c(F)cccc1F)c1c[nH]c2ncc(-c3ccc4ncncc4c3)cc12. The first-order valence-corrected chi connectivity index (χ1v) is 8.78. The van der Waals surface area contributed by atoms with Crippen LogP contribution >= 0.6 is 0 Å². The summed E-state index contributed by atoms with van der Waals surface area (Å²) in [5.74, 6) is -2.54. The van der Waals surface area contributed by atoms with Crippen molar-refractivity contribution in [1.82, 2.24) is 19.9 Å². The average molecular weight is 386 g/mol. The smallest absolute Gasteiger partial charge is 0.201 e. The standard InChI is InChI=1S/C22H12F2N4O/c23-17-2-1-3-18(24)20(17)21(29)16-10-27-22-15(16)7-13(9-26-22)12-4-5-19-14(6-12)8-25-11-28-19/h1-11H,(H,26,27). The molecule has 0 fully saturated rings. The molecule has 0 bridgehead atoms. The predicted molar refractivity (Wildman–Crippen MR) is 104 cm³/mol. The van der Waals surface area contributed by atoms with E-state index in [-0.39, 0.29) is 5.56 Å². The van der Waals surface area contributed by atoms with Gasteiger partial charge in [0.25, 0.3) is 0 Å². The molecule has 1 N–H and O–H groups in total. The van der Waals surface area contributed by atoms with Gasteiger partial charge in [0.15, 0.2) is 0 Å². The second-order valence-corrected chi connectivity index (χ2v) is 6.54. The highest BCUT2D eigenvalue weighted by molar-refractivity contribution is 6.16. The summed E-state index contributed by atoms with van der Waals surface area (Å²) in [4.78, 5) is 28.3. The van der Waals surface area contributed by atoms with E-state index in [0.29, 0.717) is 11.0 Å². The van der Waals surface area contributed by atoms with Gasteiger partial charge in [-0.25, -0.2) is 23.7 Å². The minimum Gasteiger partial charge on any atom is -0.345 e. The number of aromatic nitrogens is 4. The van der Waals surface area contributed by atoms with E-state index >= 15 is 0 Å². The number of nitrogens with zero attached hydrogens (tertiary/aromatic N) is 3. The summed E-state index contributed by atoms with van der Waals surface area (Å²) in [6.45, 7) is 0. The highest BCUT2D eigenvalue weighted by Gasteiger charge is 2.22. The minimum atomic E-state index is -0.900. The van der Waals surface area contributed by atoms with Crippen LogP contribution in [0.15, 0.2) is 67.4 Å². The Morgan fingerprint density at radius 3 is 2.59 bits per heavy atom. The Hall–Kier alpha value is -4.00. The van der Waals surface area contributed by atoms with E-state index in [0.717, 1.165) is 34.2 Å². The van der Waals surface area contributed by atoms with Gasteiger partial charge < -0.3 is 4.98 Å². The monoisotopic (exact) mass is 386 g/mol. The van der Waals surface area contributed by atoms with Gasteiger partial charge in [-0.2, -0.15) is 0 Å². The fraction of sp³-hybridized carbons (Fsp3) is 0. The molecule has 5 nitrogen and oxygen atoms in total. The Morgan fingerprint density at radius 1 is 0.931 bits per heavy atom. The number of H-pyrrole nitrogens is 1. The molecule has 140 valence electrons. The van der Waals surface area contributed by atoms with Crippen LogP contribution < -0.4 is 0 Å². The van der Waals surface area contributed by atoms with E-state index in [1.165, 1.54) is 18.6 Å². The summed E-state index contributed by atoms with van der Waals surface area (Å²) in [6.07, 6.45) is 6.28. The first-order chi connectivity index (χ1) is 14.1. The van der Waals surface area contributed by atoms with Crippen molar-refractivity contribution in [2.24, 2.45) is 0 Å². The lowest BCUT2D eigenvalue weighted by molar-refractivity contribution is 0.103. The number of halogens is 2. The number of fused-ring (bicyclic) bond motifs is 2. The average Bonchev–Trinajstić information content (AvgIpc) is 3.16. The lowest BCUT2D eigenvalue weighted by atomic mass is 10.00. The largest absolute Gasteiger partial charge is 0.345 e. The zero-order chi connectivity index (χ0) is 20.0. The maximum absolute atomic E-state index is 14.1. The predicted octanol–water partition coefficient (Wildman–Crippen LogP) is 4.68. The number of ketones is 1. The molecule has 0 atom stereocenters. The van der Waals surface area contributed by atoms with Gasteiger partial charge in [0.1, 0.15) is 23.6 Å². The third kappa shape index (κ3) is 2.84. The molecule has 0 aliphatic carbocycles. The number of rotatable bonds is 3. The molecule has 5 rings (SSSR count). The number of nitrogens with one attached hydrogen (secondary N) is 1. The molecular weight excluding hydrogens is 374 g/mol. The first kappa shape index (κ1) is 17.1. The number of carbonyl (C=O) groups excluding carboxylic acids is 1. The minimum absolute atomic E-state index is 0.155. The number of carbonyl (C=O) groups is 1. The molecule has 0 saturated carbocycles. The van der Waals surface area contributed by atoms with Crippen molar-refractivity contribution in [3.63, 3.8) is 0 Å². The van der Waals surface area contributed by atoms with Gasteiger partial charge in [-0.05, 0) is 35.9 Å². The van der Waals surface area contributed by atoms with Gasteiger partial charge in [-0.3, -0.25) is 4.79 Å². The Morgan fingerprint density at radius 2 is 1.76 bits per heavy atom. The number of hydrogen-bond acceptors (Lipinski definition) is 4. The summed E-state index contributed by atoms with van der Waals surface area (Å²) in [5, 5.41) is 1.35. The van der Waals surface area contributed by atoms with E-state index in [9.17, 15) is 13.6 Å². The molecule has 5 aromatic rings. The van der Waals surface area contributed by atoms with Crippen LogP contribution in [0.3, 0.4) is 0 Å². The molecule has 0 spiro atoms. The van der Waals surface area contributed by atoms with Gasteiger partial charge in [0, 0.05) is 40.5 Å². The zero-order valence-electron chi connectivity index (χ0n) is 14.9. The Labute approximate surface area is 163 Å². The molecule has 2 aromatic carbocycles. The van der Waals surface area contributed by atoms with Crippen LogP contribution in [0.2, 0.25) is 0 Å². The van der Waals surface area contributed by atoms with Crippen molar-refractivity contribution in [2.45, 2.75) is 0 Å². The molecule has 0 unspecified atom stereocenters. The zero-order valence-corrected chi connectivity index (χ0v) is 14.9. The van der Waals surface area contributed by atoms with Gasteiger partial charge in [-0.1, -0.05) is 12.1 Å². The van der Waals surface area contributed by atoms with Gasteiger partial charge in [-0.15, -0.1) is 0 Å². The van der Waals surface area contributed by atoms with Crippen LogP contribution in [0.4, 0.5) is 8.78 Å². The van der Waals surface area contributed by atoms with Crippen molar-refractivity contribution < 1.29 is 13.6 Å². The van der Waals surface area contributed by atoms with E-state index in [4.69, 9.17) is 0 Å². The molecule has 3 aromatic heterocycles. The van der Waals surface area contributed by atoms with Crippen molar-refractivity contribution >= 4 is 27.7 Å². The fourth-order valence-corrected chi connectivity index (χ4v) is 3.36. The van der Waals surface area contributed by atoms with Gasteiger partial charge in [0.2, 0.25) is 5.78 Å². The summed E-state index contributed by atoms with van der Waals surface area (Å²) in [6, 6.07) is 10.8. The van der Waals surface area contributed by atoms with Crippen molar-refractivity contribution in [2.75, 3.05) is 0 Å². The number of benzene rings is 2. The maximum atomic E-state index is 14.1. The van der Waals surface area contributed by atoms with Crippen LogP contribution in [0.25, 0.3) is 33.1 Å². The Kier molecular flexibility index (Phi) is 3.87. The van der Waals surface area contributed by atoms with Crippen LogP contribution in [-0.2, 0) is 0 Å². The fourth-order valence-electron chi connectivity index (χ4n) is 3.36. The quantitative estimate of drug-likeness (QED) is 0.457. The maximum Gasteiger partial charge on any atom is 0.201 e. The van der Waals surface area contributed by atoms with Crippen molar-refractivity contribution in [1.29, 1.82) is 0 Å². The summed E-state index contributed by atoms with van der Waals surface area (Å²) < 4.78 is 28.2. The van der Waals surface area contributed by atoms with Crippen LogP contribution in [0, 0.1) is 11.6 Å². The van der Waals surface area contributed by atoms with E-state index in [1.807, 2.05) is 18.2 Å². The molecule has 3 heterocycles. The third-order valence-electron chi connectivity index (χ3n) is 4.80. The Balaban J connectivity index is 1.64. The molecule has 0 aliphatic heterocycles. The molecule has 7 heteroatoms. The molecule has 0 aliphatic rings. The molecular formula is C22H12F2N4O. The topological polar surface area (TPSA) is 71.5 Å². The lowest BCUT2D eigenvalue weighted by Gasteiger charge is -2.05. The number of hydrogen-bond donors (Lipinski definition) is 1. The van der Waals surface area contributed by atoms with Crippen molar-refractivity contribution in [3.8, 4) is 11.1 Å². The molecule has 0 amide bonds. The van der Waals surface area contributed by atoms with E-state index in [1.54, 1.807) is 18.5 Å². The molecule has 0 radical (unpaired) electrons. The first-order valence-electron chi connectivity index (χ1n) is 8.78. The second kappa shape index (κ2) is 6.56. The van der Waals surface area contributed by atoms with Crippen LogP contribution in [0.5, 0.6) is 0 Å². The van der Waals surface area contributed by atoms with Gasteiger partial charge >= 0.3 is 0 Å². The van der Waals surface area contributed by atoms with Crippen LogP contribution in [-0.4, -0.2) is 25.7 Å². The molecule has 0 saturated heterocycles. The summed E-state index contributed by atoms with van der Waals surface area (Å²) in [7, 11) is 0. The van der Waals surface area contributed by atoms with Crippen LogP contribution in [0.1, 0.15) is 15.9 Å². The highest BCUT2D eigenvalue weighted by atomic mass is 19.1. The van der Waals surface area contributed by atoms with Crippen molar-refractivity contribution in [3.05, 3.63) is 90.1 Å². The molecule has 29 heavy (non-hydrogen) atoms. The Bertz CT molecular complexity index is 1390. The third-order valence-corrected chi connectivity index (χ3v) is 4.80. The highest BCUT2D eigenvalue weighted by Crippen LogP contribution is 2.28. The number of pyridine rings is 1. The summed E-state index contributed by atoms with van der Waals surface area (Å²) in [5.41, 5.74) is 2.46. The normalized spacial score (nSPS) is 11.2. The number of aromatic amines is 1. The lowest BCUT2D eigenvalue weighted by Crippen LogP contribution is -2.07. The van der Waals surface area contributed by atoms with E-state index < -0.39 is 23.0 Å². The summed E-state index contributed by atoms with van der Waals surface area (Å²) >= 11 is 0.